The van der Waals surface area contributed by atoms with Crippen LogP contribution in [0.5, 0.6) is 28.7 Å². The lowest BCUT2D eigenvalue weighted by Crippen LogP contribution is -2.24. The van der Waals surface area contributed by atoms with Crippen LogP contribution in [-0.2, 0) is 11.3 Å². The van der Waals surface area contributed by atoms with Crippen molar-refractivity contribution in [2.24, 2.45) is 0 Å². The van der Waals surface area contributed by atoms with Crippen LogP contribution in [0.15, 0.2) is 65.6 Å². The van der Waals surface area contributed by atoms with Crippen LogP contribution in [0.3, 0.4) is 0 Å². The van der Waals surface area contributed by atoms with E-state index in [1.807, 2.05) is 6.92 Å². The molecule has 0 unspecified atom stereocenters. The Morgan fingerprint density at radius 1 is 0.800 bits per heavy atom. The molecule has 0 aliphatic heterocycles. The van der Waals surface area contributed by atoms with Crippen molar-refractivity contribution in [2.45, 2.75) is 13.5 Å². The molecule has 1 amide bonds. The molecule has 0 fully saturated rings. The summed E-state index contributed by atoms with van der Waals surface area (Å²) in [5.74, 6) is 1.39. The van der Waals surface area contributed by atoms with Gasteiger partial charge in [0.2, 0.25) is 11.3 Å². The number of carbonyl (C=O) groups is 2. The van der Waals surface area contributed by atoms with E-state index in [0.717, 1.165) is 0 Å². The molecule has 0 radical (unpaired) electrons. The van der Waals surface area contributed by atoms with Gasteiger partial charge in [0.15, 0.2) is 28.8 Å². The molecule has 1 N–H and O–H groups in total. The molecular weight excluding hydrogens is 516 g/mol. The van der Waals surface area contributed by atoms with Crippen LogP contribution in [0.25, 0.3) is 10.9 Å². The smallest absolute Gasteiger partial charge is 0.244 e. The van der Waals surface area contributed by atoms with Gasteiger partial charge in [-0.15, -0.1) is 0 Å². The number of hydrogen-bond donors (Lipinski definition) is 1. The molecule has 3 aromatic carbocycles. The molecule has 10 heteroatoms. The predicted octanol–water partition coefficient (Wildman–Crippen LogP) is 4.30. The highest BCUT2D eigenvalue weighted by Crippen LogP contribution is 2.32. The normalized spacial score (nSPS) is 10.6. The molecule has 0 aliphatic carbocycles. The van der Waals surface area contributed by atoms with Gasteiger partial charge in [-0.25, -0.2) is 0 Å². The van der Waals surface area contributed by atoms with Crippen LogP contribution in [0.4, 0.5) is 5.69 Å². The standard InChI is InChI=1S/C30H30N2O8/c1-6-40-20-10-7-18(8-11-20)29(34)22-16-32(23-15-27(39-5)26(38-4)14-21(23)30(22)35)17-28(33)31-19-9-12-24(36-2)25(13-19)37-3/h7-16H,6,17H2,1-5H3,(H,31,33). The lowest BCUT2D eigenvalue weighted by atomic mass is 10.0. The monoisotopic (exact) mass is 546 g/mol. The fraction of sp³-hybridized carbons (Fsp3) is 0.233. The summed E-state index contributed by atoms with van der Waals surface area (Å²) in [7, 11) is 5.95. The maximum atomic E-state index is 13.6. The molecule has 0 spiro atoms. The summed E-state index contributed by atoms with van der Waals surface area (Å²) in [6.07, 6.45) is 1.39. The molecule has 0 atom stereocenters. The lowest BCUT2D eigenvalue weighted by Gasteiger charge is -2.16. The van der Waals surface area contributed by atoms with Gasteiger partial charge < -0.3 is 33.6 Å². The first kappa shape index (κ1) is 28.0. The van der Waals surface area contributed by atoms with Crippen molar-refractivity contribution in [1.82, 2.24) is 4.57 Å². The van der Waals surface area contributed by atoms with E-state index in [4.69, 9.17) is 23.7 Å². The topological polar surface area (TPSA) is 114 Å². The minimum Gasteiger partial charge on any atom is -0.494 e. The highest BCUT2D eigenvalue weighted by atomic mass is 16.5. The number of methoxy groups -OCH3 is 4. The molecule has 4 aromatic rings. The Labute approximate surface area is 231 Å². The summed E-state index contributed by atoms with van der Waals surface area (Å²) < 4.78 is 28.4. The maximum absolute atomic E-state index is 13.6. The molecule has 1 aromatic heterocycles. The van der Waals surface area contributed by atoms with Crippen molar-refractivity contribution in [1.29, 1.82) is 0 Å². The average Bonchev–Trinajstić information content (AvgIpc) is 2.97. The Morgan fingerprint density at radius 2 is 1.43 bits per heavy atom. The van der Waals surface area contributed by atoms with Crippen molar-refractivity contribution in [2.75, 3.05) is 40.4 Å². The number of amides is 1. The van der Waals surface area contributed by atoms with Gasteiger partial charge in [0.25, 0.3) is 0 Å². The van der Waals surface area contributed by atoms with Gasteiger partial charge in [0, 0.05) is 29.6 Å². The number of rotatable bonds is 11. The van der Waals surface area contributed by atoms with Crippen molar-refractivity contribution < 1.29 is 33.3 Å². The highest BCUT2D eigenvalue weighted by molar-refractivity contribution is 6.10. The Bertz CT molecular complexity index is 1610. The van der Waals surface area contributed by atoms with Crippen molar-refractivity contribution in [3.05, 3.63) is 82.1 Å². The Balaban J connectivity index is 1.77. The van der Waals surface area contributed by atoms with Crippen molar-refractivity contribution in [3.8, 4) is 28.7 Å². The van der Waals surface area contributed by atoms with Gasteiger partial charge in [-0.1, -0.05) is 0 Å². The second kappa shape index (κ2) is 12.2. The molecule has 0 bridgehead atoms. The van der Waals surface area contributed by atoms with Crippen LogP contribution in [0, 0.1) is 0 Å². The van der Waals surface area contributed by atoms with E-state index in [2.05, 4.69) is 5.32 Å². The molecule has 1 heterocycles. The summed E-state index contributed by atoms with van der Waals surface area (Å²) in [6, 6.07) is 14.6. The van der Waals surface area contributed by atoms with Crippen LogP contribution >= 0.6 is 0 Å². The van der Waals surface area contributed by atoms with Gasteiger partial charge in [0.1, 0.15) is 12.3 Å². The maximum Gasteiger partial charge on any atom is 0.244 e. The third-order valence-electron chi connectivity index (χ3n) is 6.24. The fourth-order valence-corrected chi connectivity index (χ4v) is 4.30. The molecule has 0 aliphatic rings. The molecule has 40 heavy (non-hydrogen) atoms. The van der Waals surface area contributed by atoms with E-state index in [1.54, 1.807) is 48.5 Å². The number of ether oxygens (including phenoxy) is 5. The molecule has 0 saturated carbocycles. The van der Waals surface area contributed by atoms with Crippen molar-refractivity contribution in [3.63, 3.8) is 0 Å². The zero-order chi connectivity index (χ0) is 28.8. The molecule has 4 rings (SSSR count). The molecule has 208 valence electrons. The number of fused-ring (bicyclic) bond motifs is 1. The molecular formula is C30H30N2O8. The van der Waals surface area contributed by atoms with E-state index in [1.165, 1.54) is 45.3 Å². The highest BCUT2D eigenvalue weighted by Gasteiger charge is 2.21. The lowest BCUT2D eigenvalue weighted by molar-refractivity contribution is -0.116. The largest absolute Gasteiger partial charge is 0.494 e. The first-order chi connectivity index (χ1) is 19.3. The SMILES string of the molecule is CCOc1ccc(C(=O)c2cn(CC(=O)Nc3ccc(OC)c(OC)c3)c3cc(OC)c(OC)cc3c2=O)cc1. The summed E-state index contributed by atoms with van der Waals surface area (Å²) in [4.78, 5) is 40.2. The van der Waals surface area contributed by atoms with Crippen LogP contribution in [0.1, 0.15) is 22.8 Å². The number of aromatic nitrogens is 1. The Hall–Kier alpha value is -4.99. The van der Waals surface area contributed by atoms with E-state index in [0.29, 0.717) is 52.1 Å². The summed E-state index contributed by atoms with van der Waals surface area (Å²) in [6.45, 7) is 2.14. The summed E-state index contributed by atoms with van der Waals surface area (Å²) >= 11 is 0. The van der Waals surface area contributed by atoms with Crippen LogP contribution < -0.4 is 34.4 Å². The third kappa shape index (κ3) is 5.70. The van der Waals surface area contributed by atoms with Crippen LogP contribution in [0.2, 0.25) is 0 Å². The van der Waals surface area contributed by atoms with Gasteiger partial charge in [-0.3, -0.25) is 14.4 Å². The number of carbonyl (C=O) groups excluding carboxylic acids is 2. The first-order valence-corrected chi connectivity index (χ1v) is 12.4. The van der Waals surface area contributed by atoms with Crippen molar-refractivity contribution >= 4 is 28.3 Å². The number of anilines is 1. The quantitative estimate of drug-likeness (QED) is 0.277. The van der Waals surface area contributed by atoms with Gasteiger partial charge in [-0.2, -0.15) is 0 Å². The predicted molar refractivity (Wildman–Crippen MR) is 151 cm³/mol. The van der Waals surface area contributed by atoms with Crippen LogP contribution in [-0.4, -0.2) is 51.3 Å². The van der Waals surface area contributed by atoms with E-state index < -0.39 is 17.1 Å². The second-order valence-electron chi connectivity index (χ2n) is 8.63. The molecule has 10 nitrogen and oxygen atoms in total. The number of benzene rings is 3. The third-order valence-corrected chi connectivity index (χ3v) is 6.24. The number of hydrogen-bond acceptors (Lipinski definition) is 8. The van der Waals surface area contributed by atoms with Gasteiger partial charge in [0.05, 0.1) is 51.5 Å². The number of nitrogens with zero attached hydrogens (tertiary/aromatic N) is 1. The minimum atomic E-state index is -0.494. The minimum absolute atomic E-state index is 0.0946. The average molecular weight is 547 g/mol. The summed E-state index contributed by atoms with van der Waals surface area (Å²) in [5.41, 5.74) is 0.599. The Kier molecular flexibility index (Phi) is 8.58. The molecule has 0 saturated heterocycles. The summed E-state index contributed by atoms with van der Waals surface area (Å²) in [5, 5.41) is 3.02. The number of nitrogens with one attached hydrogen (secondary N) is 1. The second-order valence-corrected chi connectivity index (χ2v) is 8.63. The zero-order valence-electron chi connectivity index (χ0n) is 22.9. The number of ketones is 1. The van der Waals surface area contributed by atoms with E-state index in [9.17, 15) is 14.4 Å². The van der Waals surface area contributed by atoms with Gasteiger partial charge >= 0.3 is 0 Å². The van der Waals surface area contributed by atoms with E-state index >= 15 is 0 Å². The fourth-order valence-electron chi connectivity index (χ4n) is 4.30. The van der Waals surface area contributed by atoms with Gasteiger partial charge in [-0.05, 0) is 49.4 Å². The Morgan fingerprint density at radius 3 is 2.05 bits per heavy atom. The number of pyridine rings is 1. The zero-order valence-corrected chi connectivity index (χ0v) is 22.9. The first-order valence-electron chi connectivity index (χ1n) is 12.4. The van der Waals surface area contributed by atoms with E-state index in [-0.39, 0.29) is 17.5 Å².